The first-order valence-corrected chi connectivity index (χ1v) is 31.9. The minimum Gasteiger partial charge on any atom is -0.454 e. The number of nitrogens with one attached hydrogen (secondary N) is 1. The standard InChI is InChI=1S/C69H115NO10/c1-4-7-10-13-16-19-22-25-26-27-28-29-30-31-32-33-34-35-36-37-39-41-44-47-50-53-56-62(73)68(77)70-60(61(72)55-52-49-46-43-40-24-21-18-15-12-9-6-3)59-78-69-67(66(76)65(75)63(58-71)79-69)80-64(74)57-54-51-48-45-42-38-23-20-17-14-11-8-5-2/h8,11,14,16-17,19-20,23,25-26,28-29,31-32,38,42,45,48,52,55,60-63,65-67,69,71-73,75-76H,4-7,9-10,12-13,15,18,21-22,24,27,30,33-37,39-41,43-44,46-47,49-51,53-54,56-59H2,1-3H3,(H,70,77)/b11-8+,17-14+,19-16-,23-20-,26-25-,29-28-,32-31-,42-38-,48-45+,55-52+. The Bertz CT molecular complexity index is 1760. The van der Waals surface area contributed by atoms with Gasteiger partial charge in [-0.25, -0.2) is 0 Å². The number of esters is 1. The molecule has 0 aromatic heterocycles. The maximum absolute atomic E-state index is 13.4. The van der Waals surface area contributed by atoms with Crippen LogP contribution in [0.25, 0.3) is 0 Å². The molecule has 11 heteroatoms. The molecule has 1 amide bonds. The lowest BCUT2D eigenvalue weighted by molar-refractivity contribution is -0.305. The second kappa shape index (κ2) is 55.6. The molecule has 0 aliphatic carbocycles. The molecule has 0 radical (unpaired) electrons. The van der Waals surface area contributed by atoms with Gasteiger partial charge in [0.2, 0.25) is 5.91 Å². The molecule has 1 fully saturated rings. The minimum atomic E-state index is -1.65. The summed E-state index contributed by atoms with van der Waals surface area (Å²) in [6, 6.07) is -1.05. The third-order valence-corrected chi connectivity index (χ3v) is 14.2. The highest BCUT2D eigenvalue weighted by atomic mass is 16.7. The quantitative estimate of drug-likeness (QED) is 0.0149. The van der Waals surface area contributed by atoms with Crippen molar-refractivity contribution >= 4 is 11.9 Å². The summed E-state index contributed by atoms with van der Waals surface area (Å²) in [6.45, 7) is 5.56. The third kappa shape index (κ3) is 42.8. The van der Waals surface area contributed by atoms with Gasteiger partial charge in [0.15, 0.2) is 12.4 Å². The Labute approximate surface area is 487 Å². The maximum Gasteiger partial charge on any atom is 0.306 e. The second-order valence-electron chi connectivity index (χ2n) is 21.5. The Morgan fingerprint density at radius 1 is 0.512 bits per heavy atom. The van der Waals surface area contributed by atoms with E-state index < -0.39 is 67.4 Å². The van der Waals surface area contributed by atoms with E-state index >= 15 is 0 Å². The molecule has 11 nitrogen and oxygen atoms in total. The van der Waals surface area contributed by atoms with Crippen LogP contribution in [0.3, 0.4) is 0 Å². The smallest absolute Gasteiger partial charge is 0.306 e. The molecule has 0 spiro atoms. The monoisotopic (exact) mass is 1120 g/mol. The molecule has 1 aliphatic rings. The molecule has 456 valence electrons. The highest BCUT2D eigenvalue weighted by Gasteiger charge is 2.47. The summed E-state index contributed by atoms with van der Waals surface area (Å²) in [7, 11) is 0. The van der Waals surface area contributed by atoms with Crippen LogP contribution in [0.1, 0.15) is 239 Å². The molecule has 80 heavy (non-hydrogen) atoms. The zero-order valence-corrected chi connectivity index (χ0v) is 50.4. The first-order valence-electron chi connectivity index (χ1n) is 31.9. The number of carbonyl (C=O) groups is 2. The van der Waals surface area contributed by atoms with Crippen LogP contribution < -0.4 is 5.32 Å². The predicted molar refractivity (Wildman–Crippen MR) is 333 cm³/mol. The van der Waals surface area contributed by atoms with Crippen LogP contribution in [0.5, 0.6) is 0 Å². The van der Waals surface area contributed by atoms with E-state index in [9.17, 15) is 35.1 Å². The molecule has 0 saturated carbocycles. The van der Waals surface area contributed by atoms with Crippen molar-refractivity contribution in [3.63, 3.8) is 0 Å². The molecule has 1 heterocycles. The molecule has 1 aliphatic heterocycles. The fourth-order valence-electron chi connectivity index (χ4n) is 9.19. The number of carbonyl (C=O) groups excluding carboxylic acids is 2. The van der Waals surface area contributed by atoms with E-state index in [1.54, 1.807) is 6.08 Å². The summed E-state index contributed by atoms with van der Waals surface area (Å²) in [4.78, 5) is 26.5. The van der Waals surface area contributed by atoms with Gasteiger partial charge in [0.25, 0.3) is 0 Å². The van der Waals surface area contributed by atoms with Crippen LogP contribution in [0.15, 0.2) is 122 Å². The van der Waals surface area contributed by atoms with Crippen molar-refractivity contribution in [2.75, 3.05) is 13.2 Å². The highest BCUT2D eigenvalue weighted by molar-refractivity contribution is 5.80. The van der Waals surface area contributed by atoms with Crippen molar-refractivity contribution in [3.8, 4) is 0 Å². The average Bonchev–Trinajstić information content (AvgIpc) is 3.45. The number of unbranched alkanes of at least 4 members (excludes halogenated alkanes) is 24. The van der Waals surface area contributed by atoms with Crippen LogP contribution in [-0.2, 0) is 23.8 Å². The van der Waals surface area contributed by atoms with Gasteiger partial charge in [0, 0.05) is 6.42 Å². The summed E-state index contributed by atoms with van der Waals surface area (Å²) in [6.07, 6.45) is 66.8. The molecule has 8 atom stereocenters. The van der Waals surface area contributed by atoms with E-state index in [-0.39, 0.29) is 19.4 Å². The van der Waals surface area contributed by atoms with Crippen LogP contribution in [-0.4, -0.2) is 99.6 Å². The number of amides is 1. The van der Waals surface area contributed by atoms with Crippen molar-refractivity contribution in [2.45, 2.75) is 288 Å². The maximum atomic E-state index is 13.4. The van der Waals surface area contributed by atoms with Crippen molar-refractivity contribution in [3.05, 3.63) is 122 Å². The number of aliphatic hydroxyl groups is 5. The van der Waals surface area contributed by atoms with Crippen molar-refractivity contribution in [1.82, 2.24) is 5.32 Å². The lowest BCUT2D eigenvalue weighted by atomic mass is 9.99. The van der Waals surface area contributed by atoms with Crippen molar-refractivity contribution in [1.29, 1.82) is 0 Å². The second-order valence-corrected chi connectivity index (χ2v) is 21.5. The summed E-state index contributed by atoms with van der Waals surface area (Å²) in [5.41, 5.74) is 0. The number of rotatable bonds is 52. The molecule has 6 N–H and O–H groups in total. The average molecular weight is 1120 g/mol. The first-order chi connectivity index (χ1) is 39.2. The Balaban J connectivity index is 2.64. The first kappa shape index (κ1) is 74.1. The largest absolute Gasteiger partial charge is 0.454 e. The molecule has 1 saturated heterocycles. The number of allylic oxidation sites excluding steroid dienone is 19. The lowest BCUT2D eigenvalue weighted by Gasteiger charge is -2.41. The van der Waals surface area contributed by atoms with Crippen LogP contribution >= 0.6 is 0 Å². The van der Waals surface area contributed by atoms with Gasteiger partial charge in [-0.05, 0) is 83.5 Å². The lowest BCUT2D eigenvalue weighted by Crippen LogP contribution is -2.61. The fourth-order valence-corrected chi connectivity index (χ4v) is 9.19. The van der Waals surface area contributed by atoms with E-state index in [2.05, 4.69) is 80.8 Å². The number of hydrogen-bond acceptors (Lipinski definition) is 10. The van der Waals surface area contributed by atoms with Gasteiger partial charge in [-0.1, -0.05) is 271 Å². The van der Waals surface area contributed by atoms with E-state index in [1.807, 2.05) is 60.8 Å². The van der Waals surface area contributed by atoms with Gasteiger partial charge in [-0.15, -0.1) is 0 Å². The van der Waals surface area contributed by atoms with Gasteiger partial charge in [0.1, 0.15) is 24.4 Å². The zero-order chi connectivity index (χ0) is 58.2. The summed E-state index contributed by atoms with van der Waals surface area (Å²) < 4.78 is 17.5. The molecular weight excluding hydrogens is 1000 g/mol. The fraction of sp³-hybridized carbons (Fsp3) is 0.681. The normalized spacial score (nSPS) is 19.6. The summed E-state index contributed by atoms with van der Waals surface area (Å²) >= 11 is 0. The van der Waals surface area contributed by atoms with Gasteiger partial charge < -0.3 is 45.1 Å². The van der Waals surface area contributed by atoms with Gasteiger partial charge in [0.05, 0.1) is 25.4 Å². The number of hydrogen-bond donors (Lipinski definition) is 6. The van der Waals surface area contributed by atoms with Crippen molar-refractivity contribution < 1.29 is 49.3 Å². The van der Waals surface area contributed by atoms with Crippen LogP contribution in [0, 0.1) is 0 Å². The Morgan fingerprint density at radius 2 is 0.950 bits per heavy atom. The molecule has 0 bridgehead atoms. The topological polar surface area (TPSA) is 175 Å². The molecule has 1 rings (SSSR count). The summed E-state index contributed by atoms with van der Waals surface area (Å²) in [5, 5.41) is 56.9. The number of ether oxygens (including phenoxy) is 3. The SMILES string of the molecule is CC/C=C/C=C/C=C\C=C/C=C/CCCC(=O)OC1C(OCC(NC(=O)C(O)CCCCCCCCCCCC/C=C\C/C=C\C/C=C\C/C=C\CCCCC)C(O)/C=C/CCCCCCCCCCCC)OC(CO)C(O)C1O. The Hall–Kier alpha value is -3.94. The van der Waals surface area contributed by atoms with Gasteiger partial charge in [-0.3, -0.25) is 9.59 Å². The van der Waals surface area contributed by atoms with Gasteiger partial charge >= 0.3 is 5.97 Å². The van der Waals surface area contributed by atoms with E-state index in [4.69, 9.17) is 14.2 Å². The Morgan fingerprint density at radius 3 is 1.48 bits per heavy atom. The summed E-state index contributed by atoms with van der Waals surface area (Å²) in [5.74, 6) is -1.28. The molecule has 8 unspecified atom stereocenters. The van der Waals surface area contributed by atoms with E-state index in [1.165, 1.54) is 109 Å². The van der Waals surface area contributed by atoms with E-state index in [0.29, 0.717) is 19.3 Å². The number of aliphatic hydroxyl groups excluding tert-OH is 5. The Kier molecular flexibility index (Phi) is 51.5. The van der Waals surface area contributed by atoms with Crippen LogP contribution in [0.2, 0.25) is 0 Å². The minimum absolute atomic E-state index is 0.0211. The predicted octanol–water partition coefficient (Wildman–Crippen LogP) is 15.4. The van der Waals surface area contributed by atoms with Crippen molar-refractivity contribution in [2.24, 2.45) is 0 Å². The highest BCUT2D eigenvalue weighted by Crippen LogP contribution is 2.26. The van der Waals surface area contributed by atoms with Gasteiger partial charge in [-0.2, -0.15) is 0 Å². The van der Waals surface area contributed by atoms with E-state index in [0.717, 1.165) is 77.0 Å². The molecule has 0 aromatic rings. The molecule has 0 aromatic carbocycles. The van der Waals surface area contributed by atoms with Crippen LogP contribution in [0.4, 0.5) is 0 Å². The third-order valence-electron chi connectivity index (χ3n) is 14.2. The zero-order valence-electron chi connectivity index (χ0n) is 50.4. The molecular formula is C69H115NO10.